The van der Waals surface area contributed by atoms with E-state index in [1.165, 1.54) is 23.3 Å². The zero-order valence-corrected chi connectivity index (χ0v) is 19.4. The molecule has 2 aromatic heterocycles. The second-order valence-electron chi connectivity index (χ2n) is 7.70. The van der Waals surface area contributed by atoms with Crippen LogP contribution in [0, 0.1) is 6.92 Å². The molecular weight excluding hydrogens is 442 g/mol. The van der Waals surface area contributed by atoms with Crippen LogP contribution in [-0.4, -0.2) is 30.3 Å². The maximum atomic E-state index is 13.7. The molecule has 0 saturated carbocycles. The lowest BCUT2D eigenvalue weighted by molar-refractivity contribution is 0.0970. The smallest absolute Gasteiger partial charge is 0.297 e. The van der Waals surface area contributed by atoms with Crippen LogP contribution in [0.2, 0.25) is 0 Å². The zero-order valence-electron chi connectivity index (χ0n) is 18.5. The number of hydrogen-bond donors (Lipinski definition) is 0. The van der Waals surface area contributed by atoms with Gasteiger partial charge in [-0.15, -0.1) is 10.2 Å². The van der Waals surface area contributed by atoms with Crippen molar-refractivity contribution in [3.63, 3.8) is 0 Å². The molecule has 33 heavy (non-hydrogen) atoms. The third-order valence-electron chi connectivity index (χ3n) is 5.71. The highest BCUT2D eigenvalue weighted by molar-refractivity contribution is 7.15. The summed E-state index contributed by atoms with van der Waals surface area (Å²) in [6, 6.07) is 9.92. The van der Waals surface area contributed by atoms with Crippen LogP contribution in [-0.2, 0) is 6.42 Å². The Kier molecular flexibility index (Phi) is 5.13. The number of rotatable bonds is 5. The first kappa shape index (κ1) is 21.1. The Hall–Kier alpha value is -3.72. The lowest BCUT2D eigenvalue weighted by Crippen LogP contribution is -2.29. The third-order valence-corrected chi connectivity index (χ3v) is 6.78. The number of methoxy groups -OCH3 is 2. The molecule has 8 nitrogen and oxygen atoms in total. The summed E-state index contributed by atoms with van der Waals surface area (Å²) in [4.78, 5) is 28.8. The van der Waals surface area contributed by atoms with E-state index in [0.717, 1.165) is 10.6 Å². The molecule has 1 atom stereocenters. The van der Waals surface area contributed by atoms with E-state index in [9.17, 15) is 9.59 Å². The first-order chi connectivity index (χ1) is 16.0. The number of amides is 1. The largest absolute Gasteiger partial charge is 0.493 e. The summed E-state index contributed by atoms with van der Waals surface area (Å²) < 4.78 is 16.8. The normalized spacial score (nSPS) is 15.2. The standard InChI is InChI=1S/C24H21N3O5S/c1-5-18-25-26-24(33-18)27-20(13-7-9-16(30-3)17(11-13)31-4)19-21(28)14-10-12(2)6-8-15(14)32-22(19)23(27)29/h6-11,20H,5H2,1-4H3/t20-/m0/s1. The monoisotopic (exact) mass is 463 g/mol. The molecule has 0 aliphatic carbocycles. The van der Waals surface area contributed by atoms with Gasteiger partial charge in [-0.2, -0.15) is 0 Å². The quantitative estimate of drug-likeness (QED) is 0.436. The first-order valence-electron chi connectivity index (χ1n) is 10.4. The number of aromatic nitrogens is 2. The first-order valence-corrected chi connectivity index (χ1v) is 11.2. The Morgan fingerprint density at radius 3 is 2.55 bits per heavy atom. The van der Waals surface area contributed by atoms with Gasteiger partial charge in [0.25, 0.3) is 5.91 Å². The molecule has 1 aliphatic rings. The number of ether oxygens (including phenoxy) is 2. The van der Waals surface area contributed by atoms with E-state index in [4.69, 9.17) is 13.9 Å². The van der Waals surface area contributed by atoms with Crippen molar-refractivity contribution in [1.29, 1.82) is 0 Å². The van der Waals surface area contributed by atoms with Gasteiger partial charge in [0.1, 0.15) is 10.6 Å². The fourth-order valence-corrected chi connectivity index (χ4v) is 4.91. The number of anilines is 1. The molecule has 4 aromatic rings. The van der Waals surface area contributed by atoms with Gasteiger partial charge in [0.05, 0.1) is 31.2 Å². The van der Waals surface area contributed by atoms with Gasteiger partial charge >= 0.3 is 0 Å². The van der Waals surface area contributed by atoms with E-state index in [0.29, 0.717) is 39.6 Å². The summed E-state index contributed by atoms with van der Waals surface area (Å²) in [6.45, 7) is 3.87. The van der Waals surface area contributed by atoms with Crippen LogP contribution in [0.4, 0.5) is 5.13 Å². The van der Waals surface area contributed by atoms with E-state index >= 15 is 0 Å². The summed E-state index contributed by atoms with van der Waals surface area (Å²) >= 11 is 1.32. The highest BCUT2D eigenvalue weighted by atomic mass is 32.1. The summed E-state index contributed by atoms with van der Waals surface area (Å²) in [6.07, 6.45) is 0.689. The van der Waals surface area contributed by atoms with E-state index in [-0.39, 0.29) is 16.8 Å². The van der Waals surface area contributed by atoms with E-state index < -0.39 is 11.9 Å². The van der Waals surface area contributed by atoms with Gasteiger partial charge in [0.2, 0.25) is 10.9 Å². The Labute approximate surface area is 193 Å². The van der Waals surface area contributed by atoms with E-state index in [1.807, 2.05) is 26.0 Å². The Balaban J connectivity index is 1.80. The zero-order chi connectivity index (χ0) is 23.3. The maximum absolute atomic E-state index is 13.7. The topological polar surface area (TPSA) is 94.8 Å². The SMILES string of the molecule is CCc1nnc(N2C(=O)c3oc4ccc(C)cc4c(=O)c3[C@@H]2c2ccc(OC)c(OC)c2)s1. The molecule has 5 rings (SSSR count). The Morgan fingerprint density at radius 1 is 1.06 bits per heavy atom. The summed E-state index contributed by atoms with van der Waals surface area (Å²) in [5, 5.41) is 10.0. The molecule has 168 valence electrons. The maximum Gasteiger partial charge on any atom is 0.297 e. The van der Waals surface area contributed by atoms with Crippen LogP contribution < -0.4 is 19.8 Å². The van der Waals surface area contributed by atoms with Crippen LogP contribution in [0.25, 0.3) is 11.0 Å². The summed E-state index contributed by atoms with van der Waals surface area (Å²) in [5.41, 5.74) is 2.00. The van der Waals surface area contributed by atoms with Gasteiger partial charge < -0.3 is 13.9 Å². The van der Waals surface area contributed by atoms with Gasteiger partial charge in [-0.1, -0.05) is 36.0 Å². The van der Waals surface area contributed by atoms with Crippen molar-refractivity contribution in [2.45, 2.75) is 26.3 Å². The number of carbonyl (C=O) groups is 1. The Bertz CT molecular complexity index is 1460. The van der Waals surface area contributed by atoms with Crippen molar-refractivity contribution < 1.29 is 18.7 Å². The molecule has 2 aromatic carbocycles. The average molecular weight is 464 g/mol. The highest BCUT2D eigenvalue weighted by Gasteiger charge is 2.45. The molecule has 0 radical (unpaired) electrons. The van der Waals surface area contributed by atoms with Crippen LogP contribution in [0.1, 0.15) is 45.2 Å². The lowest BCUT2D eigenvalue weighted by Gasteiger charge is -2.23. The molecule has 0 spiro atoms. The average Bonchev–Trinajstić information content (AvgIpc) is 3.41. The molecular formula is C24H21N3O5S. The fraction of sp³-hybridized carbons (Fsp3) is 0.250. The van der Waals surface area contributed by atoms with Gasteiger partial charge in [-0.05, 0) is 43.2 Å². The van der Waals surface area contributed by atoms with Gasteiger partial charge in [-0.3, -0.25) is 14.5 Å². The number of benzene rings is 2. The number of aryl methyl sites for hydroxylation is 2. The second-order valence-corrected chi connectivity index (χ2v) is 8.74. The summed E-state index contributed by atoms with van der Waals surface area (Å²) in [5.74, 6) is 0.624. The van der Waals surface area contributed by atoms with E-state index in [2.05, 4.69) is 10.2 Å². The van der Waals surface area contributed by atoms with Gasteiger partial charge in [-0.25, -0.2) is 0 Å². The van der Waals surface area contributed by atoms with E-state index in [1.54, 1.807) is 31.4 Å². The van der Waals surface area contributed by atoms with Crippen LogP contribution in [0.5, 0.6) is 11.5 Å². The summed E-state index contributed by atoms with van der Waals surface area (Å²) in [7, 11) is 3.09. The highest BCUT2D eigenvalue weighted by Crippen LogP contribution is 2.44. The van der Waals surface area contributed by atoms with Crippen LogP contribution >= 0.6 is 11.3 Å². The van der Waals surface area contributed by atoms with Crippen LogP contribution in [0.3, 0.4) is 0 Å². The molecule has 0 fully saturated rings. The molecule has 0 unspecified atom stereocenters. The van der Waals surface area contributed by atoms with Crippen molar-refractivity contribution in [2.24, 2.45) is 0 Å². The number of carbonyl (C=O) groups excluding carboxylic acids is 1. The predicted octanol–water partition coefficient (Wildman–Crippen LogP) is 4.28. The van der Waals surface area contributed by atoms with Gasteiger partial charge in [0.15, 0.2) is 16.9 Å². The van der Waals surface area contributed by atoms with Crippen molar-refractivity contribution in [3.8, 4) is 11.5 Å². The van der Waals surface area contributed by atoms with Crippen LogP contribution in [0.15, 0.2) is 45.6 Å². The fourth-order valence-electron chi connectivity index (χ4n) is 4.11. The molecule has 1 aliphatic heterocycles. The second kappa shape index (κ2) is 8.00. The molecule has 9 heteroatoms. The molecule has 0 N–H and O–H groups in total. The minimum atomic E-state index is -0.744. The molecule has 3 heterocycles. The minimum Gasteiger partial charge on any atom is -0.493 e. The number of fused-ring (bicyclic) bond motifs is 2. The van der Waals surface area contributed by atoms with Crippen molar-refractivity contribution in [3.05, 3.63) is 74.1 Å². The molecule has 0 bridgehead atoms. The van der Waals surface area contributed by atoms with Gasteiger partial charge in [0, 0.05) is 0 Å². The predicted molar refractivity (Wildman–Crippen MR) is 125 cm³/mol. The number of nitrogens with zero attached hydrogens (tertiary/aromatic N) is 3. The van der Waals surface area contributed by atoms with Crippen molar-refractivity contribution >= 4 is 33.3 Å². The molecule has 0 saturated heterocycles. The third kappa shape index (κ3) is 3.27. The number of hydrogen-bond acceptors (Lipinski definition) is 8. The van der Waals surface area contributed by atoms with Crippen molar-refractivity contribution in [1.82, 2.24) is 10.2 Å². The Morgan fingerprint density at radius 2 is 1.85 bits per heavy atom. The molecule has 1 amide bonds. The minimum absolute atomic E-state index is 0.0180. The lowest BCUT2D eigenvalue weighted by atomic mass is 9.98. The van der Waals surface area contributed by atoms with Crippen molar-refractivity contribution in [2.75, 3.05) is 19.1 Å².